The molecule has 0 spiro atoms. The Bertz CT molecular complexity index is 798. The molecule has 4 nitrogen and oxygen atoms in total. The summed E-state index contributed by atoms with van der Waals surface area (Å²) < 4.78 is 0. The van der Waals surface area contributed by atoms with Crippen molar-refractivity contribution in [3.63, 3.8) is 0 Å². The molecule has 2 N–H and O–H groups in total. The number of phenolic OH excluding ortho intramolecular Hbond substituents is 1. The average molecular weight is 291 g/mol. The fourth-order valence-corrected chi connectivity index (χ4v) is 2.24. The summed E-state index contributed by atoms with van der Waals surface area (Å²) in [5.41, 5.74) is 3.92. The molecule has 3 aromatic rings. The van der Waals surface area contributed by atoms with Crippen molar-refractivity contribution in [2.45, 2.75) is 13.8 Å². The van der Waals surface area contributed by atoms with Crippen LogP contribution in [0.25, 0.3) is 11.3 Å². The van der Waals surface area contributed by atoms with E-state index in [0.29, 0.717) is 11.6 Å². The molecule has 4 heteroatoms. The van der Waals surface area contributed by atoms with E-state index in [0.717, 1.165) is 16.9 Å². The Morgan fingerprint density at radius 3 is 2.41 bits per heavy atom. The molecule has 0 aliphatic rings. The number of nitrogens with one attached hydrogen (secondary N) is 1. The third-order valence-corrected chi connectivity index (χ3v) is 3.30. The van der Waals surface area contributed by atoms with Gasteiger partial charge in [-0.3, -0.25) is 0 Å². The van der Waals surface area contributed by atoms with Gasteiger partial charge in [0.05, 0.1) is 5.69 Å². The van der Waals surface area contributed by atoms with E-state index in [1.807, 2.05) is 19.1 Å². The fraction of sp³-hybridized carbons (Fsp3) is 0.111. The van der Waals surface area contributed by atoms with Gasteiger partial charge in [-0.05, 0) is 26.0 Å². The van der Waals surface area contributed by atoms with Crippen molar-refractivity contribution in [1.29, 1.82) is 0 Å². The Morgan fingerprint density at radius 1 is 0.909 bits per heavy atom. The van der Waals surface area contributed by atoms with E-state index in [1.54, 1.807) is 18.2 Å². The maximum absolute atomic E-state index is 9.53. The van der Waals surface area contributed by atoms with Gasteiger partial charge in [-0.15, -0.1) is 0 Å². The number of anilines is 2. The molecule has 0 saturated heterocycles. The van der Waals surface area contributed by atoms with Crippen LogP contribution < -0.4 is 5.32 Å². The summed E-state index contributed by atoms with van der Waals surface area (Å²) in [4.78, 5) is 8.89. The number of aromatic nitrogens is 2. The summed E-state index contributed by atoms with van der Waals surface area (Å²) in [6, 6.07) is 17.1. The first-order chi connectivity index (χ1) is 10.6. The molecule has 3 rings (SSSR count). The zero-order valence-electron chi connectivity index (χ0n) is 12.5. The first kappa shape index (κ1) is 14.1. The molecular formula is C18H17N3O. The lowest BCUT2D eigenvalue weighted by molar-refractivity contribution is 0.475. The second-order valence-electron chi connectivity index (χ2n) is 5.23. The Kier molecular flexibility index (Phi) is 3.74. The van der Waals surface area contributed by atoms with Crippen LogP contribution in [-0.2, 0) is 0 Å². The van der Waals surface area contributed by atoms with Gasteiger partial charge in [-0.25, -0.2) is 9.97 Å². The smallest absolute Gasteiger partial charge is 0.134 e. The third-order valence-electron chi connectivity index (χ3n) is 3.30. The van der Waals surface area contributed by atoms with Crippen molar-refractivity contribution >= 4 is 11.5 Å². The summed E-state index contributed by atoms with van der Waals surface area (Å²) >= 11 is 0. The van der Waals surface area contributed by atoms with Crippen molar-refractivity contribution in [1.82, 2.24) is 9.97 Å². The standard InChI is InChI=1S/C18H17N3O/c1-12-6-8-14(9-7-12)17-11-18(20-13(2)19-17)21-15-4-3-5-16(22)10-15/h3-11,22H,1-2H3,(H,19,20,21). The zero-order valence-corrected chi connectivity index (χ0v) is 12.5. The van der Waals surface area contributed by atoms with Crippen molar-refractivity contribution in [3.05, 3.63) is 66.0 Å². The van der Waals surface area contributed by atoms with Crippen LogP contribution in [0.3, 0.4) is 0 Å². The van der Waals surface area contributed by atoms with Crippen molar-refractivity contribution in [2.75, 3.05) is 5.32 Å². The molecule has 0 bridgehead atoms. The van der Waals surface area contributed by atoms with Crippen molar-refractivity contribution < 1.29 is 5.11 Å². The van der Waals surface area contributed by atoms with Crippen LogP contribution in [0.15, 0.2) is 54.6 Å². The van der Waals surface area contributed by atoms with Gasteiger partial charge in [0, 0.05) is 23.4 Å². The molecule has 1 heterocycles. The number of aromatic hydroxyl groups is 1. The monoisotopic (exact) mass is 291 g/mol. The maximum Gasteiger partial charge on any atom is 0.134 e. The predicted molar refractivity (Wildman–Crippen MR) is 88.3 cm³/mol. The Labute approximate surface area is 129 Å². The van der Waals surface area contributed by atoms with Gasteiger partial charge >= 0.3 is 0 Å². The molecule has 0 atom stereocenters. The molecule has 22 heavy (non-hydrogen) atoms. The van der Waals surface area contributed by atoms with Crippen LogP contribution in [0.4, 0.5) is 11.5 Å². The van der Waals surface area contributed by atoms with Gasteiger partial charge in [0.2, 0.25) is 0 Å². The fourth-order valence-electron chi connectivity index (χ4n) is 2.24. The van der Waals surface area contributed by atoms with E-state index in [2.05, 4.69) is 46.5 Å². The first-order valence-electron chi connectivity index (χ1n) is 7.09. The summed E-state index contributed by atoms with van der Waals surface area (Å²) in [6.45, 7) is 3.93. The molecule has 1 aromatic heterocycles. The molecule has 110 valence electrons. The van der Waals surface area contributed by atoms with Crippen LogP contribution in [0, 0.1) is 13.8 Å². The number of rotatable bonds is 3. The summed E-state index contributed by atoms with van der Waals surface area (Å²) in [6.07, 6.45) is 0. The number of hydrogen-bond acceptors (Lipinski definition) is 4. The highest BCUT2D eigenvalue weighted by atomic mass is 16.3. The van der Waals surface area contributed by atoms with Crippen LogP contribution in [0.5, 0.6) is 5.75 Å². The molecule has 0 unspecified atom stereocenters. The molecule has 2 aromatic carbocycles. The zero-order chi connectivity index (χ0) is 15.5. The van der Waals surface area contributed by atoms with Crippen LogP contribution in [0.2, 0.25) is 0 Å². The summed E-state index contributed by atoms with van der Waals surface area (Å²) in [5.74, 6) is 1.61. The lowest BCUT2D eigenvalue weighted by Crippen LogP contribution is -1.98. The van der Waals surface area contributed by atoms with Gasteiger partial charge in [-0.1, -0.05) is 35.9 Å². The third kappa shape index (κ3) is 3.23. The highest BCUT2D eigenvalue weighted by molar-refractivity contribution is 5.66. The number of benzene rings is 2. The first-order valence-corrected chi connectivity index (χ1v) is 7.09. The number of phenols is 1. The van der Waals surface area contributed by atoms with Crippen LogP contribution >= 0.6 is 0 Å². The topological polar surface area (TPSA) is 58.0 Å². The maximum atomic E-state index is 9.53. The van der Waals surface area contributed by atoms with E-state index in [4.69, 9.17) is 0 Å². The lowest BCUT2D eigenvalue weighted by atomic mass is 10.1. The average Bonchev–Trinajstić information content (AvgIpc) is 2.47. The molecule has 0 fully saturated rings. The Hall–Kier alpha value is -2.88. The molecular weight excluding hydrogens is 274 g/mol. The normalized spacial score (nSPS) is 10.5. The minimum atomic E-state index is 0.217. The van der Waals surface area contributed by atoms with Gasteiger partial charge < -0.3 is 10.4 Å². The molecule has 0 radical (unpaired) electrons. The number of nitrogens with zero attached hydrogens (tertiary/aromatic N) is 2. The van der Waals surface area contributed by atoms with Gasteiger partial charge in [0.15, 0.2) is 0 Å². The van der Waals surface area contributed by atoms with Crippen molar-refractivity contribution in [3.8, 4) is 17.0 Å². The summed E-state index contributed by atoms with van der Waals surface area (Å²) in [5, 5.41) is 12.7. The lowest BCUT2D eigenvalue weighted by Gasteiger charge is -2.09. The van der Waals surface area contributed by atoms with E-state index in [9.17, 15) is 5.11 Å². The Morgan fingerprint density at radius 2 is 1.68 bits per heavy atom. The largest absolute Gasteiger partial charge is 0.508 e. The van der Waals surface area contributed by atoms with Gasteiger partial charge in [-0.2, -0.15) is 0 Å². The van der Waals surface area contributed by atoms with E-state index in [1.165, 1.54) is 5.56 Å². The van der Waals surface area contributed by atoms with E-state index < -0.39 is 0 Å². The molecule has 0 amide bonds. The highest BCUT2D eigenvalue weighted by Crippen LogP contribution is 2.24. The SMILES string of the molecule is Cc1ccc(-c2cc(Nc3cccc(O)c3)nc(C)n2)cc1. The van der Waals surface area contributed by atoms with Gasteiger partial charge in [0.25, 0.3) is 0 Å². The quantitative estimate of drug-likeness (QED) is 0.759. The molecule has 0 aliphatic carbocycles. The van der Waals surface area contributed by atoms with E-state index >= 15 is 0 Å². The number of hydrogen-bond donors (Lipinski definition) is 2. The second kappa shape index (κ2) is 5.85. The molecule has 0 saturated carbocycles. The minimum Gasteiger partial charge on any atom is -0.508 e. The molecule has 0 aliphatic heterocycles. The number of aryl methyl sites for hydroxylation is 2. The minimum absolute atomic E-state index is 0.217. The second-order valence-corrected chi connectivity index (χ2v) is 5.23. The van der Waals surface area contributed by atoms with E-state index in [-0.39, 0.29) is 5.75 Å². The van der Waals surface area contributed by atoms with Crippen LogP contribution in [0.1, 0.15) is 11.4 Å². The van der Waals surface area contributed by atoms with Crippen LogP contribution in [-0.4, -0.2) is 15.1 Å². The van der Waals surface area contributed by atoms with Crippen molar-refractivity contribution in [2.24, 2.45) is 0 Å². The predicted octanol–water partition coefficient (Wildman–Crippen LogP) is 4.21. The summed E-state index contributed by atoms with van der Waals surface area (Å²) in [7, 11) is 0. The Balaban J connectivity index is 1.94. The van der Waals surface area contributed by atoms with Gasteiger partial charge in [0.1, 0.15) is 17.4 Å². The highest BCUT2D eigenvalue weighted by Gasteiger charge is 2.05.